The number of cyclic esters (lactones) is 1. The summed E-state index contributed by atoms with van der Waals surface area (Å²) in [6, 6.07) is 6.20. The maximum absolute atomic E-state index is 12.7. The van der Waals surface area contributed by atoms with Gasteiger partial charge >= 0.3 is 6.09 Å². The lowest BCUT2D eigenvalue weighted by Crippen LogP contribution is -2.58. The van der Waals surface area contributed by atoms with Crippen LogP contribution in [-0.2, 0) is 9.53 Å². The van der Waals surface area contributed by atoms with E-state index in [0.29, 0.717) is 25.4 Å². The third-order valence-corrected chi connectivity index (χ3v) is 6.13. The van der Waals surface area contributed by atoms with Crippen LogP contribution in [0.5, 0.6) is 0 Å². The first-order valence-electron chi connectivity index (χ1n) is 9.29. The molecule has 1 saturated carbocycles. The number of nitrogens with one attached hydrogen (secondary N) is 2. The van der Waals surface area contributed by atoms with Crippen LogP contribution in [0.3, 0.4) is 0 Å². The number of aromatic nitrogens is 2. The van der Waals surface area contributed by atoms with Crippen LogP contribution in [0.4, 0.5) is 4.79 Å². The molecule has 1 aliphatic carbocycles. The van der Waals surface area contributed by atoms with Crippen molar-refractivity contribution in [2.75, 3.05) is 19.7 Å². The molecular weight excluding hydrogens is 332 g/mol. The Morgan fingerprint density at radius 1 is 1.31 bits per heavy atom. The van der Waals surface area contributed by atoms with E-state index in [2.05, 4.69) is 27.4 Å². The summed E-state index contributed by atoms with van der Waals surface area (Å²) in [5.41, 5.74) is 1.87. The van der Waals surface area contributed by atoms with Crippen molar-refractivity contribution in [3.05, 3.63) is 30.1 Å². The number of rotatable bonds is 2. The van der Waals surface area contributed by atoms with E-state index in [4.69, 9.17) is 4.74 Å². The summed E-state index contributed by atoms with van der Waals surface area (Å²) in [6.07, 6.45) is 4.78. The Kier molecular flexibility index (Phi) is 3.45. The topological polar surface area (TPSA) is 87.3 Å². The molecule has 4 heterocycles. The number of carbonyl (C=O) groups excluding carboxylic acids is 2. The molecule has 5 rings (SSSR count). The molecule has 2 aromatic rings. The van der Waals surface area contributed by atoms with Crippen LogP contribution in [0.1, 0.15) is 37.3 Å². The van der Waals surface area contributed by atoms with Gasteiger partial charge in [-0.3, -0.25) is 4.79 Å². The van der Waals surface area contributed by atoms with Crippen molar-refractivity contribution in [3.63, 3.8) is 0 Å². The predicted molar refractivity (Wildman–Crippen MR) is 94.6 cm³/mol. The molecule has 2 aliphatic heterocycles. The molecule has 3 fully saturated rings. The van der Waals surface area contributed by atoms with Gasteiger partial charge in [-0.15, -0.1) is 0 Å². The average Bonchev–Trinajstić information content (AvgIpc) is 3.23. The van der Waals surface area contributed by atoms with E-state index in [-0.39, 0.29) is 23.5 Å². The van der Waals surface area contributed by atoms with Gasteiger partial charge in [0.05, 0.1) is 5.54 Å². The number of H-pyrrole nitrogens is 1. The number of nitrogens with zero attached hydrogens (tertiary/aromatic N) is 2. The Hall–Kier alpha value is -2.57. The predicted octanol–water partition coefficient (Wildman–Crippen LogP) is 2.16. The maximum Gasteiger partial charge on any atom is 0.407 e. The van der Waals surface area contributed by atoms with Gasteiger partial charge < -0.3 is 19.9 Å². The Morgan fingerprint density at radius 2 is 2.12 bits per heavy atom. The lowest BCUT2D eigenvalue weighted by molar-refractivity contribution is -0.142. The van der Waals surface area contributed by atoms with Crippen LogP contribution in [0.2, 0.25) is 0 Å². The van der Waals surface area contributed by atoms with Gasteiger partial charge in [0.1, 0.15) is 12.3 Å². The van der Waals surface area contributed by atoms with E-state index >= 15 is 0 Å². The van der Waals surface area contributed by atoms with E-state index < -0.39 is 0 Å². The summed E-state index contributed by atoms with van der Waals surface area (Å²) in [5.74, 6) is 0.697. The molecule has 2 N–H and O–H groups in total. The number of piperidine rings is 1. The van der Waals surface area contributed by atoms with Gasteiger partial charge in [0, 0.05) is 42.2 Å². The van der Waals surface area contributed by atoms with Crippen molar-refractivity contribution in [2.24, 2.45) is 5.92 Å². The van der Waals surface area contributed by atoms with Crippen molar-refractivity contribution in [1.29, 1.82) is 0 Å². The standard InChI is InChI=1S/C19H22N4O3/c24-17(14-9-19(10-14)11-26-18(25)22-19)23-6-3-12(4-7-23)15-8-13-2-1-5-20-16(13)21-15/h1-2,5,8,12,14H,3-4,6-7,9-11H2,(H,20,21)(H,22,25)/t14-,19+. The fraction of sp³-hybridized carbons (Fsp3) is 0.526. The number of likely N-dealkylation sites (tertiary alicyclic amines) is 1. The largest absolute Gasteiger partial charge is 0.447 e. The number of fused-ring (bicyclic) bond motifs is 1. The molecule has 7 nitrogen and oxygen atoms in total. The highest BCUT2D eigenvalue weighted by atomic mass is 16.6. The quantitative estimate of drug-likeness (QED) is 0.865. The zero-order valence-electron chi connectivity index (χ0n) is 14.5. The van der Waals surface area contributed by atoms with E-state index in [1.807, 2.05) is 11.0 Å². The second kappa shape index (κ2) is 5.72. The second-order valence-corrected chi connectivity index (χ2v) is 7.85. The number of ether oxygens (including phenoxy) is 1. The van der Waals surface area contributed by atoms with Crippen LogP contribution in [0.15, 0.2) is 24.4 Å². The maximum atomic E-state index is 12.7. The van der Waals surface area contributed by atoms with Crippen LogP contribution in [0, 0.1) is 5.92 Å². The van der Waals surface area contributed by atoms with Gasteiger partial charge in [0.25, 0.3) is 0 Å². The van der Waals surface area contributed by atoms with Gasteiger partial charge in [-0.1, -0.05) is 0 Å². The summed E-state index contributed by atoms with van der Waals surface area (Å²) >= 11 is 0. The van der Waals surface area contributed by atoms with Gasteiger partial charge in [-0.25, -0.2) is 9.78 Å². The zero-order chi connectivity index (χ0) is 17.7. The fourth-order valence-corrected chi connectivity index (χ4v) is 4.64. The van der Waals surface area contributed by atoms with Gasteiger partial charge in [0.2, 0.25) is 5.91 Å². The molecular formula is C19H22N4O3. The van der Waals surface area contributed by atoms with Crippen molar-refractivity contribution in [1.82, 2.24) is 20.2 Å². The van der Waals surface area contributed by atoms with Gasteiger partial charge in [-0.2, -0.15) is 0 Å². The molecule has 0 radical (unpaired) electrons. The number of pyridine rings is 1. The smallest absolute Gasteiger partial charge is 0.407 e. The highest BCUT2D eigenvalue weighted by Crippen LogP contribution is 2.42. The van der Waals surface area contributed by atoms with Crippen molar-refractivity contribution >= 4 is 23.0 Å². The first-order chi connectivity index (χ1) is 12.6. The first-order valence-corrected chi connectivity index (χ1v) is 9.29. The minimum atomic E-state index is -0.357. The summed E-state index contributed by atoms with van der Waals surface area (Å²) in [5, 5.41) is 3.99. The number of hydrogen-bond donors (Lipinski definition) is 2. The average molecular weight is 354 g/mol. The molecule has 0 bridgehead atoms. The number of carbonyl (C=O) groups is 2. The number of hydrogen-bond acceptors (Lipinski definition) is 4. The Bertz CT molecular complexity index is 830. The van der Waals surface area contributed by atoms with Crippen LogP contribution in [0.25, 0.3) is 11.0 Å². The monoisotopic (exact) mass is 354 g/mol. The van der Waals surface area contributed by atoms with Crippen LogP contribution >= 0.6 is 0 Å². The number of alkyl carbamates (subject to hydrolysis) is 1. The SMILES string of the molecule is O=C1N[C@]2(CO1)C[C@H](C(=O)N1CCC(c3cc4cccnc4[nH]3)CC1)C2. The molecule has 3 aliphatic rings. The zero-order valence-corrected chi connectivity index (χ0v) is 14.5. The Balaban J connectivity index is 1.18. The van der Waals surface area contributed by atoms with E-state index in [1.54, 1.807) is 6.20 Å². The van der Waals surface area contributed by atoms with E-state index in [0.717, 1.165) is 37.0 Å². The minimum absolute atomic E-state index is 0.0193. The molecule has 2 saturated heterocycles. The lowest BCUT2D eigenvalue weighted by atomic mass is 9.68. The van der Waals surface area contributed by atoms with Gasteiger partial charge in [0.15, 0.2) is 0 Å². The molecule has 26 heavy (non-hydrogen) atoms. The van der Waals surface area contributed by atoms with Crippen LogP contribution in [-0.4, -0.2) is 52.1 Å². The molecule has 0 unspecified atom stereocenters. The summed E-state index contributed by atoms with van der Waals surface area (Å²) < 4.78 is 4.99. The lowest BCUT2D eigenvalue weighted by Gasteiger charge is -2.44. The second-order valence-electron chi connectivity index (χ2n) is 7.85. The molecule has 1 spiro atoms. The molecule has 2 amide bonds. The minimum Gasteiger partial charge on any atom is -0.447 e. The highest BCUT2D eigenvalue weighted by Gasteiger charge is 2.53. The molecule has 136 valence electrons. The van der Waals surface area contributed by atoms with Gasteiger partial charge in [-0.05, 0) is 43.9 Å². The van der Waals surface area contributed by atoms with Crippen LogP contribution < -0.4 is 5.32 Å². The number of aromatic amines is 1. The fourth-order valence-electron chi connectivity index (χ4n) is 4.64. The molecule has 0 aromatic carbocycles. The van der Waals surface area contributed by atoms with Crippen molar-refractivity contribution in [3.8, 4) is 0 Å². The Morgan fingerprint density at radius 3 is 2.81 bits per heavy atom. The molecule has 0 atom stereocenters. The van der Waals surface area contributed by atoms with E-state index in [9.17, 15) is 9.59 Å². The summed E-state index contributed by atoms with van der Waals surface area (Å²) in [7, 11) is 0. The summed E-state index contributed by atoms with van der Waals surface area (Å²) in [6.45, 7) is 1.98. The highest BCUT2D eigenvalue weighted by molar-refractivity contribution is 5.82. The molecule has 2 aromatic heterocycles. The van der Waals surface area contributed by atoms with E-state index in [1.165, 1.54) is 5.69 Å². The molecule has 7 heteroatoms. The normalized spacial score (nSPS) is 28.8. The Labute approximate surface area is 151 Å². The third-order valence-electron chi connectivity index (χ3n) is 6.13. The first kappa shape index (κ1) is 15.7. The third kappa shape index (κ3) is 2.53. The van der Waals surface area contributed by atoms with Crippen molar-refractivity contribution in [2.45, 2.75) is 37.1 Å². The summed E-state index contributed by atoms with van der Waals surface area (Å²) in [4.78, 5) is 33.7. The number of amides is 2. The van der Waals surface area contributed by atoms with Crippen molar-refractivity contribution < 1.29 is 14.3 Å².